The summed E-state index contributed by atoms with van der Waals surface area (Å²) in [6.07, 6.45) is 8.14. The summed E-state index contributed by atoms with van der Waals surface area (Å²) < 4.78 is 6.15. The van der Waals surface area contributed by atoms with Gasteiger partial charge in [0.25, 0.3) is 0 Å². The Morgan fingerprint density at radius 1 is 1.35 bits per heavy atom. The van der Waals surface area contributed by atoms with Crippen LogP contribution in [0.3, 0.4) is 0 Å². The molecule has 1 spiro atoms. The smallest absolute Gasteiger partial charge is 0.228 e. The van der Waals surface area contributed by atoms with Crippen molar-refractivity contribution in [2.45, 2.75) is 68.9 Å². The zero-order valence-electron chi connectivity index (χ0n) is 20.9. The van der Waals surface area contributed by atoms with Crippen LogP contribution in [0.1, 0.15) is 71.6 Å². The van der Waals surface area contributed by atoms with E-state index >= 15 is 0 Å². The molecule has 5 rings (SSSR count). The normalized spacial score (nSPS) is 24.5. The summed E-state index contributed by atoms with van der Waals surface area (Å²) >= 11 is 7.78. The van der Waals surface area contributed by atoms with Crippen LogP contribution in [-0.4, -0.2) is 46.4 Å². The van der Waals surface area contributed by atoms with Gasteiger partial charge in [0.15, 0.2) is 0 Å². The molecule has 0 aromatic carbocycles. The number of aromatic nitrogens is 2. The number of ketones is 1. The lowest BCUT2D eigenvalue weighted by atomic mass is 9.62. The van der Waals surface area contributed by atoms with Gasteiger partial charge < -0.3 is 16.2 Å². The third-order valence-corrected chi connectivity index (χ3v) is 9.34. The molecule has 0 saturated carbocycles. The van der Waals surface area contributed by atoms with Gasteiger partial charge in [0.05, 0.1) is 11.6 Å². The number of rotatable bonds is 6. The van der Waals surface area contributed by atoms with Gasteiger partial charge in [-0.25, -0.2) is 4.98 Å². The van der Waals surface area contributed by atoms with Crippen LogP contribution in [0.15, 0.2) is 30.0 Å². The molecule has 2 aliphatic carbocycles. The van der Waals surface area contributed by atoms with Crippen LogP contribution in [0.5, 0.6) is 5.88 Å². The van der Waals surface area contributed by atoms with Crippen molar-refractivity contribution in [1.29, 1.82) is 5.26 Å². The molecule has 1 aliphatic heterocycles. The highest BCUT2D eigenvalue weighted by Crippen LogP contribution is 2.53. The van der Waals surface area contributed by atoms with Gasteiger partial charge >= 0.3 is 0 Å². The lowest BCUT2D eigenvalue weighted by Crippen LogP contribution is -2.41. The van der Waals surface area contributed by atoms with E-state index in [0.717, 1.165) is 61.9 Å². The van der Waals surface area contributed by atoms with E-state index in [0.29, 0.717) is 28.3 Å². The van der Waals surface area contributed by atoms with E-state index in [2.05, 4.69) is 34.6 Å². The highest BCUT2D eigenvalue weighted by Gasteiger charge is 2.46. The Labute approximate surface area is 226 Å². The van der Waals surface area contributed by atoms with Crippen LogP contribution in [0, 0.1) is 11.3 Å². The number of ether oxygens (including phenoxy) is 1. The number of thiophene rings is 1. The molecule has 8 nitrogen and oxygen atoms in total. The number of anilines is 1. The molecular weight excluding hydrogens is 508 g/mol. The average molecular weight is 539 g/mol. The van der Waals surface area contributed by atoms with Crippen LogP contribution in [0.25, 0.3) is 0 Å². The van der Waals surface area contributed by atoms with Gasteiger partial charge in [-0.2, -0.15) is 10.2 Å². The summed E-state index contributed by atoms with van der Waals surface area (Å²) in [7, 11) is 2.06. The maximum atomic E-state index is 13.8. The zero-order valence-corrected chi connectivity index (χ0v) is 22.5. The van der Waals surface area contributed by atoms with Crippen molar-refractivity contribution in [3.63, 3.8) is 0 Å². The first-order valence-electron chi connectivity index (χ1n) is 12.7. The second kappa shape index (κ2) is 10.1. The number of nitrogen functional groups attached to an aromatic ring is 1. The summed E-state index contributed by atoms with van der Waals surface area (Å²) in [5, 5.41) is 10.5. The summed E-state index contributed by atoms with van der Waals surface area (Å²) in [5.74, 6) is -0.164. The Morgan fingerprint density at radius 2 is 2.11 bits per heavy atom. The van der Waals surface area contributed by atoms with E-state index < -0.39 is 5.41 Å². The van der Waals surface area contributed by atoms with Crippen molar-refractivity contribution < 1.29 is 9.53 Å². The Balaban J connectivity index is 1.50. The number of likely N-dealkylation sites (N-methyl/N-ethyl adjacent to an activating group) is 1. The molecule has 194 valence electrons. The molecule has 1 fully saturated rings. The first-order valence-corrected chi connectivity index (χ1v) is 13.9. The highest BCUT2D eigenvalue weighted by molar-refractivity contribution is 7.16. The van der Waals surface area contributed by atoms with Crippen LogP contribution in [0.2, 0.25) is 5.15 Å². The third-order valence-electron chi connectivity index (χ3n) is 8.07. The molecule has 3 heterocycles. The van der Waals surface area contributed by atoms with Gasteiger partial charge in [-0.3, -0.25) is 9.69 Å². The molecule has 3 atom stereocenters. The van der Waals surface area contributed by atoms with Gasteiger partial charge in [-0.1, -0.05) is 18.2 Å². The minimum atomic E-state index is -0.574. The molecule has 1 saturated heterocycles. The summed E-state index contributed by atoms with van der Waals surface area (Å²) in [6, 6.07) is 3.98. The number of carbonyl (C=O) groups excluding carboxylic acids is 1. The number of carbonyl (C=O) groups is 1. The zero-order chi connectivity index (χ0) is 26.3. The first kappa shape index (κ1) is 25.7. The fraction of sp³-hybridized carbons (Fsp3) is 0.481. The van der Waals surface area contributed by atoms with Crippen LogP contribution < -0.4 is 16.2 Å². The van der Waals surface area contributed by atoms with Gasteiger partial charge in [0, 0.05) is 27.6 Å². The maximum absolute atomic E-state index is 13.8. The van der Waals surface area contributed by atoms with E-state index in [1.54, 1.807) is 6.08 Å². The molecule has 0 amide bonds. The second-order valence-corrected chi connectivity index (χ2v) is 11.6. The molecule has 4 N–H and O–H groups in total. The van der Waals surface area contributed by atoms with Gasteiger partial charge in [-0.05, 0) is 76.6 Å². The molecule has 0 unspecified atom stereocenters. The minimum absolute atomic E-state index is 0.0403. The Bertz CT molecular complexity index is 1330. The predicted octanol–water partition coefficient (Wildman–Crippen LogP) is 4.53. The average Bonchev–Trinajstić information content (AvgIpc) is 3.46. The number of allylic oxidation sites excluding steroid dienone is 2. The lowest BCUT2D eigenvalue weighted by molar-refractivity contribution is 0.100. The molecule has 37 heavy (non-hydrogen) atoms. The quantitative estimate of drug-likeness (QED) is 0.311. The van der Waals surface area contributed by atoms with Crippen molar-refractivity contribution in [2.24, 2.45) is 5.73 Å². The van der Waals surface area contributed by atoms with Crippen molar-refractivity contribution in [3.8, 4) is 11.9 Å². The monoisotopic (exact) mass is 538 g/mol. The van der Waals surface area contributed by atoms with Gasteiger partial charge in [-0.15, -0.1) is 11.3 Å². The molecule has 3 aliphatic rings. The third kappa shape index (κ3) is 4.41. The van der Waals surface area contributed by atoms with E-state index in [-0.39, 0.29) is 34.8 Å². The number of aryl methyl sites for hydroxylation is 1. The minimum Gasteiger partial charge on any atom is -0.468 e. The molecule has 10 heteroatoms. The van der Waals surface area contributed by atoms with E-state index in [1.165, 1.54) is 17.4 Å². The molecule has 2 aromatic rings. The summed E-state index contributed by atoms with van der Waals surface area (Å²) in [4.78, 5) is 25.8. The molecule has 0 radical (unpaired) electrons. The number of nitriles is 1. The summed E-state index contributed by atoms with van der Waals surface area (Å²) in [5.41, 5.74) is 14.9. The van der Waals surface area contributed by atoms with Crippen LogP contribution in [-0.2, 0) is 11.8 Å². The first-order chi connectivity index (χ1) is 17.8. The highest BCUT2D eigenvalue weighted by atomic mass is 35.5. The summed E-state index contributed by atoms with van der Waals surface area (Å²) in [6.45, 7) is 4.93. The standard InChI is InChI=1S/C27H31ClN6O2S/c1-3-18(17-8-6-12-34(17)2)36-21-13-20(28)32-26(33-21)23(35)15-7-4-10-27(24(15)30)11-5-9-19-22(27)16(14-29)25(31)37-19/h3,13,17-18H,1,4-12,30-31H2,2H3/t17-,18-,27-/m0/s1. The van der Waals surface area contributed by atoms with Crippen molar-refractivity contribution in [2.75, 3.05) is 19.3 Å². The maximum Gasteiger partial charge on any atom is 0.228 e. The number of hydrogen-bond donors (Lipinski definition) is 2. The number of nitrogens with zero attached hydrogens (tertiary/aromatic N) is 4. The SMILES string of the molecule is C=C[C@H](Oc1cc(Cl)nc(C(=O)C2=C(N)[C@@]3(CCC2)CCCc2sc(N)c(C#N)c23)n1)[C@@H]1CCCN1C. The molecular formula is C27H31ClN6O2S. The van der Waals surface area contributed by atoms with Crippen molar-refractivity contribution in [1.82, 2.24) is 14.9 Å². The van der Waals surface area contributed by atoms with Crippen LogP contribution >= 0.6 is 22.9 Å². The number of halogens is 1. The predicted molar refractivity (Wildman–Crippen MR) is 145 cm³/mol. The number of Topliss-reactive ketones (excluding diaryl/α,β-unsaturated/α-hetero) is 1. The molecule has 0 bridgehead atoms. The Hall–Kier alpha value is -2.93. The van der Waals surface area contributed by atoms with E-state index in [9.17, 15) is 10.1 Å². The van der Waals surface area contributed by atoms with Crippen LogP contribution in [0.4, 0.5) is 5.00 Å². The number of hydrogen-bond acceptors (Lipinski definition) is 9. The van der Waals surface area contributed by atoms with Gasteiger partial charge in [0.2, 0.25) is 17.5 Å². The fourth-order valence-corrected chi connectivity index (χ4v) is 7.65. The number of nitrogens with two attached hydrogens (primary N) is 2. The largest absolute Gasteiger partial charge is 0.468 e. The van der Waals surface area contributed by atoms with Gasteiger partial charge in [0.1, 0.15) is 22.3 Å². The topological polar surface area (TPSA) is 131 Å². The Morgan fingerprint density at radius 3 is 2.78 bits per heavy atom. The Kier molecular flexibility index (Phi) is 7.01. The number of fused-ring (bicyclic) bond motifs is 2. The van der Waals surface area contributed by atoms with Crippen molar-refractivity contribution in [3.05, 3.63) is 57.0 Å². The number of likely N-dealkylation sites (tertiary alicyclic amines) is 1. The second-order valence-electron chi connectivity index (χ2n) is 10.1. The van der Waals surface area contributed by atoms with Crippen molar-refractivity contribution >= 4 is 33.7 Å². The van der Waals surface area contributed by atoms with E-state index in [4.69, 9.17) is 27.8 Å². The fourth-order valence-electron chi connectivity index (χ4n) is 6.31. The molecule has 2 aromatic heterocycles. The lowest BCUT2D eigenvalue weighted by Gasteiger charge is -2.42. The van der Waals surface area contributed by atoms with E-state index in [1.807, 2.05) is 0 Å².